The van der Waals surface area contributed by atoms with Gasteiger partial charge in [-0.1, -0.05) is 37.1 Å². The maximum atomic E-state index is 13.8. The van der Waals surface area contributed by atoms with Gasteiger partial charge in [0.05, 0.1) is 12.6 Å². The van der Waals surface area contributed by atoms with Gasteiger partial charge in [-0.3, -0.25) is 14.4 Å². The average molecular weight is 628 g/mol. The second-order valence-electron chi connectivity index (χ2n) is 9.98. The van der Waals surface area contributed by atoms with Crippen LogP contribution in [0.2, 0.25) is 0 Å². The summed E-state index contributed by atoms with van der Waals surface area (Å²) in [6.07, 6.45) is 6.23. The highest BCUT2D eigenvalue weighted by molar-refractivity contribution is 7.10. The number of ketones is 1. The Kier molecular flexibility index (Phi) is 12.3. The van der Waals surface area contributed by atoms with Crippen LogP contribution in [0.1, 0.15) is 58.7 Å². The number of amides is 1. The zero-order valence-electron chi connectivity index (χ0n) is 24.3. The van der Waals surface area contributed by atoms with Crippen molar-refractivity contribution >= 4 is 41.2 Å². The van der Waals surface area contributed by atoms with E-state index in [1.54, 1.807) is 41.8 Å². The van der Waals surface area contributed by atoms with Crippen LogP contribution >= 0.6 is 11.3 Å². The van der Waals surface area contributed by atoms with E-state index in [9.17, 15) is 31.9 Å². The molecule has 7 nitrogen and oxygen atoms in total. The SMILES string of the molecule is CC(=O)c1ccccc1CNC(=O)C=O.CC1(c2cc(C3=CC=[N+]3C(F)F)cc(F)c2F)CC1.CNCC#Cc1nccs1. The van der Waals surface area contributed by atoms with E-state index in [2.05, 4.69) is 27.5 Å². The van der Waals surface area contributed by atoms with E-state index in [0.717, 1.165) is 35.0 Å². The predicted octanol–water partition coefficient (Wildman–Crippen LogP) is 5.10. The fourth-order valence-electron chi connectivity index (χ4n) is 4.02. The Morgan fingerprint density at radius 2 is 1.93 bits per heavy atom. The van der Waals surface area contributed by atoms with Crippen LogP contribution in [0.5, 0.6) is 0 Å². The minimum atomic E-state index is -2.67. The Labute approximate surface area is 256 Å². The molecule has 0 bridgehead atoms. The molecule has 2 aromatic carbocycles. The van der Waals surface area contributed by atoms with E-state index >= 15 is 0 Å². The van der Waals surface area contributed by atoms with Crippen molar-refractivity contribution in [3.63, 3.8) is 0 Å². The first-order valence-electron chi connectivity index (χ1n) is 13.5. The summed E-state index contributed by atoms with van der Waals surface area (Å²) in [4.78, 5) is 36.0. The second-order valence-corrected chi connectivity index (χ2v) is 10.9. The Morgan fingerprint density at radius 1 is 1.20 bits per heavy atom. The smallest absolute Gasteiger partial charge is 0.346 e. The number of Topliss-reactive ketones (excluding diaryl/α,β-unsaturated/α-hetero) is 1. The van der Waals surface area contributed by atoms with Crippen LogP contribution in [0.3, 0.4) is 0 Å². The van der Waals surface area contributed by atoms with Crippen molar-refractivity contribution in [2.75, 3.05) is 13.6 Å². The number of alkyl halides is 2. The molecular formula is C32H31F4N4O3S+. The molecule has 2 heterocycles. The molecule has 1 aliphatic heterocycles. The molecule has 0 unspecified atom stereocenters. The number of nitrogens with one attached hydrogen (secondary N) is 2. The molecule has 12 heteroatoms. The normalized spacial score (nSPS) is 13.7. The highest BCUT2D eigenvalue weighted by Crippen LogP contribution is 2.49. The molecule has 1 aromatic heterocycles. The maximum Gasteiger partial charge on any atom is 0.451 e. The van der Waals surface area contributed by atoms with Crippen LogP contribution in [0.15, 0.2) is 54.1 Å². The van der Waals surface area contributed by atoms with E-state index in [1.807, 2.05) is 19.4 Å². The zero-order valence-corrected chi connectivity index (χ0v) is 25.1. The summed E-state index contributed by atoms with van der Waals surface area (Å²) in [5.41, 5.74) is 1.71. The third-order valence-electron chi connectivity index (χ3n) is 6.71. The van der Waals surface area contributed by atoms with Crippen molar-refractivity contribution in [2.45, 2.75) is 45.2 Å². The maximum absolute atomic E-state index is 13.8. The first kappa shape index (κ1) is 34.0. The summed E-state index contributed by atoms with van der Waals surface area (Å²) >= 11 is 1.56. The molecule has 3 aromatic rings. The van der Waals surface area contributed by atoms with Gasteiger partial charge in [0, 0.05) is 29.2 Å². The first-order valence-corrected chi connectivity index (χ1v) is 14.3. The molecule has 0 saturated heterocycles. The highest BCUT2D eigenvalue weighted by atomic mass is 32.1. The van der Waals surface area contributed by atoms with Gasteiger partial charge in [-0.25, -0.2) is 13.8 Å². The van der Waals surface area contributed by atoms with Gasteiger partial charge in [-0.05, 0) is 61.4 Å². The standard InChI is InChI=1S/C14H12F4N.C11H11NO3.C7H8N2S/c1-14(3-4-14)9-6-8(7-10(15)12(9)16)11-2-5-19(11)13(17)18;1-8(14)10-5-3-2-4-9(10)6-12-11(15)7-13;1-8-4-2-3-7-9-5-6-10-7/h2,5-7,13H,3-4H2,1H3;2-5,7H,6H2,1H3,(H,12,15);5-6,8H,4H2,1H3/q+1;;. The van der Waals surface area contributed by atoms with Gasteiger partial charge in [0.15, 0.2) is 28.6 Å². The summed E-state index contributed by atoms with van der Waals surface area (Å²) < 4.78 is 53.4. The quantitative estimate of drug-likeness (QED) is 0.0691. The summed E-state index contributed by atoms with van der Waals surface area (Å²) in [5.74, 6) is 3.25. The number of hydrogen-bond donors (Lipinski definition) is 2. The third kappa shape index (κ3) is 9.26. The van der Waals surface area contributed by atoms with E-state index < -0.39 is 24.1 Å². The molecule has 2 N–H and O–H groups in total. The monoisotopic (exact) mass is 627 g/mol. The molecular weight excluding hydrogens is 596 g/mol. The highest BCUT2D eigenvalue weighted by Gasteiger charge is 2.43. The molecule has 1 saturated carbocycles. The molecule has 1 amide bonds. The minimum absolute atomic E-state index is 0.0639. The van der Waals surface area contributed by atoms with Crippen LogP contribution < -0.4 is 10.6 Å². The van der Waals surface area contributed by atoms with E-state index in [0.29, 0.717) is 16.7 Å². The van der Waals surface area contributed by atoms with Gasteiger partial charge in [0.25, 0.3) is 5.91 Å². The number of rotatable bonds is 8. The number of nitrogens with zero attached hydrogens (tertiary/aromatic N) is 2. The van der Waals surface area contributed by atoms with Gasteiger partial charge in [0.2, 0.25) is 12.0 Å². The fourth-order valence-corrected chi connectivity index (χ4v) is 4.52. The lowest BCUT2D eigenvalue weighted by Gasteiger charge is -2.15. The topological polar surface area (TPSA) is 91.2 Å². The van der Waals surface area contributed by atoms with Crippen molar-refractivity contribution in [3.8, 4) is 11.8 Å². The number of benzene rings is 2. The molecule has 1 fully saturated rings. The molecule has 230 valence electrons. The predicted molar refractivity (Wildman–Crippen MR) is 161 cm³/mol. The van der Waals surface area contributed by atoms with Gasteiger partial charge in [-0.2, -0.15) is 0 Å². The van der Waals surface area contributed by atoms with Gasteiger partial charge in [0.1, 0.15) is 0 Å². The molecule has 0 radical (unpaired) electrons. The van der Waals surface area contributed by atoms with Crippen LogP contribution in [0.4, 0.5) is 17.6 Å². The molecule has 1 aliphatic carbocycles. The van der Waals surface area contributed by atoms with E-state index in [1.165, 1.54) is 25.3 Å². The Hall–Kier alpha value is -4.47. The molecule has 44 heavy (non-hydrogen) atoms. The van der Waals surface area contributed by atoms with E-state index in [-0.39, 0.29) is 35.3 Å². The lowest BCUT2D eigenvalue weighted by molar-refractivity contribution is -0.549. The number of carbonyl (C=O) groups is 3. The van der Waals surface area contributed by atoms with Crippen molar-refractivity contribution in [2.24, 2.45) is 0 Å². The zero-order chi connectivity index (χ0) is 32.3. The first-order chi connectivity index (χ1) is 21.0. The molecule has 0 atom stereocenters. The minimum Gasteiger partial charge on any atom is -0.346 e. The number of halogens is 4. The summed E-state index contributed by atoms with van der Waals surface area (Å²) in [6.45, 7) is 1.54. The second kappa shape index (κ2) is 15.8. The van der Waals surface area contributed by atoms with Crippen molar-refractivity contribution in [3.05, 3.63) is 92.9 Å². The van der Waals surface area contributed by atoms with Crippen molar-refractivity contribution in [1.29, 1.82) is 0 Å². The Morgan fingerprint density at radius 3 is 2.48 bits per heavy atom. The molecule has 0 spiro atoms. The lowest BCUT2D eigenvalue weighted by Crippen LogP contribution is -2.24. The number of aromatic nitrogens is 1. The van der Waals surface area contributed by atoms with Crippen molar-refractivity contribution in [1.82, 2.24) is 15.6 Å². The van der Waals surface area contributed by atoms with E-state index in [4.69, 9.17) is 0 Å². The average Bonchev–Trinajstić information content (AvgIpc) is 3.50. The largest absolute Gasteiger partial charge is 0.451 e. The Balaban J connectivity index is 0.000000190. The van der Waals surface area contributed by atoms with Gasteiger partial charge >= 0.3 is 6.55 Å². The van der Waals surface area contributed by atoms with Crippen LogP contribution in [0.25, 0.3) is 5.70 Å². The number of hydrogen-bond acceptors (Lipinski definition) is 6. The summed E-state index contributed by atoms with van der Waals surface area (Å²) in [6, 6.07) is 9.40. The fraction of sp³-hybridized carbons (Fsp3) is 0.281. The number of thiazole rings is 1. The van der Waals surface area contributed by atoms with Crippen LogP contribution in [-0.4, -0.2) is 53.9 Å². The van der Waals surface area contributed by atoms with Crippen LogP contribution in [-0.2, 0) is 21.5 Å². The third-order valence-corrected chi connectivity index (χ3v) is 7.39. The Bertz CT molecular complexity index is 1620. The number of aldehydes is 1. The van der Waals surface area contributed by atoms with Gasteiger partial charge < -0.3 is 10.6 Å². The van der Waals surface area contributed by atoms with Crippen molar-refractivity contribution < 1.29 is 36.5 Å². The van der Waals surface area contributed by atoms with Gasteiger partial charge in [-0.15, -0.1) is 24.7 Å². The van der Waals surface area contributed by atoms with Crippen LogP contribution in [0, 0.1) is 23.5 Å². The summed E-state index contributed by atoms with van der Waals surface area (Å²) in [5, 5.41) is 8.12. The molecule has 2 aliphatic rings. The molecule has 5 rings (SSSR count). The lowest BCUT2D eigenvalue weighted by atomic mass is 9.94. The summed E-state index contributed by atoms with van der Waals surface area (Å²) in [7, 11) is 1.87. The number of allylic oxidation sites excluding steroid dienone is 1. The number of carbonyl (C=O) groups excluding carboxylic acids is 3.